The molecule has 1 aromatic carbocycles. The molecule has 21 heavy (non-hydrogen) atoms. The van der Waals surface area contributed by atoms with Crippen molar-refractivity contribution in [2.45, 2.75) is 25.8 Å². The quantitative estimate of drug-likeness (QED) is 0.663. The number of hydrogen-bond acceptors (Lipinski definition) is 4. The van der Waals surface area contributed by atoms with Crippen molar-refractivity contribution < 1.29 is 9.90 Å². The van der Waals surface area contributed by atoms with Crippen molar-refractivity contribution in [1.29, 1.82) is 0 Å². The Morgan fingerprint density at radius 3 is 2.71 bits per heavy atom. The van der Waals surface area contributed by atoms with E-state index in [2.05, 4.69) is 5.32 Å². The minimum absolute atomic E-state index is 0.0428. The molecule has 0 fully saturated rings. The molecule has 0 spiro atoms. The number of aliphatic hydroxyl groups excluding tert-OH is 1. The number of thiocarbonyl (C=S) groups is 1. The van der Waals surface area contributed by atoms with Gasteiger partial charge in [-0.25, -0.2) is 0 Å². The number of nitrogens with two attached hydrogens (primary N) is 1. The van der Waals surface area contributed by atoms with Gasteiger partial charge in [0.25, 0.3) is 0 Å². The zero-order chi connectivity index (χ0) is 16.0. The van der Waals surface area contributed by atoms with E-state index in [-0.39, 0.29) is 18.1 Å². The molecule has 0 aliphatic heterocycles. The molecule has 1 rings (SSSR count). The summed E-state index contributed by atoms with van der Waals surface area (Å²) in [4.78, 5) is 14.2. The maximum atomic E-state index is 11.9. The van der Waals surface area contributed by atoms with Gasteiger partial charge in [-0.05, 0) is 33.0 Å². The number of amides is 1. The lowest BCUT2D eigenvalue weighted by atomic mass is 10.1. The normalized spacial score (nSPS) is 11.5. The highest BCUT2D eigenvalue weighted by Gasteiger charge is 2.22. The topological polar surface area (TPSA) is 78.6 Å². The zero-order valence-corrected chi connectivity index (χ0v) is 13.5. The van der Waals surface area contributed by atoms with Crippen LogP contribution in [-0.2, 0) is 4.79 Å². The Balaban J connectivity index is 2.55. The molecular weight excluding hydrogens is 286 g/mol. The van der Waals surface area contributed by atoms with Gasteiger partial charge in [-0.15, -0.1) is 0 Å². The van der Waals surface area contributed by atoms with Crippen LogP contribution in [0.5, 0.6) is 0 Å². The van der Waals surface area contributed by atoms with Gasteiger partial charge in [0.05, 0.1) is 6.61 Å². The van der Waals surface area contributed by atoms with Crippen molar-refractivity contribution >= 4 is 28.8 Å². The van der Waals surface area contributed by atoms with Crippen LogP contribution in [0.1, 0.15) is 25.8 Å². The van der Waals surface area contributed by atoms with Gasteiger partial charge in [-0.3, -0.25) is 9.69 Å². The van der Waals surface area contributed by atoms with Crippen molar-refractivity contribution in [2.24, 2.45) is 5.73 Å². The Kier molecular flexibility index (Phi) is 6.26. The average Bonchev–Trinajstić information content (AvgIpc) is 2.44. The van der Waals surface area contributed by atoms with Gasteiger partial charge in [0.15, 0.2) is 0 Å². The third-order valence-electron chi connectivity index (χ3n) is 3.53. The van der Waals surface area contributed by atoms with Gasteiger partial charge in [-0.1, -0.05) is 24.4 Å². The van der Waals surface area contributed by atoms with E-state index >= 15 is 0 Å². The molecule has 0 radical (unpaired) electrons. The van der Waals surface area contributed by atoms with Crippen molar-refractivity contribution in [3.63, 3.8) is 0 Å². The summed E-state index contributed by atoms with van der Waals surface area (Å²) in [7, 11) is 1.89. The monoisotopic (exact) mass is 309 g/mol. The van der Waals surface area contributed by atoms with Crippen molar-refractivity contribution in [2.75, 3.05) is 25.5 Å². The molecule has 0 aliphatic carbocycles. The first-order valence-electron chi connectivity index (χ1n) is 6.78. The average molecular weight is 309 g/mol. The standard InChI is InChI=1S/C15H23N3O2S/c1-15(2,10-19)18(3)8-7-13(20)17-12-6-4-5-11(9-12)14(16)21/h4-6,9,19H,7-8,10H2,1-3H3,(H2,16,21)(H,17,20). The Labute approximate surface area is 131 Å². The Morgan fingerprint density at radius 2 is 2.14 bits per heavy atom. The van der Waals surface area contributed by atoms with Crippen LogP contribution in [0.15, 0.2) is 24.3 Å². The summed E-state index contributed by atoms with van der Waals surface area (Å²) < 4.78 is 0. The lowest BCUT2D eigenvalue weighted by Crippen LogP contribution is -2.45. The number of benzene rings is 1. The summed E-state index contributed by atoms with van der Waals surface area (Å²) in [6, 6.07) is 7.14. The molecule has 0 aliphatic rings. The predicted molar refractivity (Wildman–Crippen MR) is 89.4 cm³/mol. The Bertz CT molecular complexity index is 517. The zero-order valence-electron chi connectivity index (χ0n) is 12.7. The summed E-state index contributed by atoms with van der Waals surface area (Å²) >= 11 is 4.91. The third kappa shape index (κ3) is 5.41. The molecule has 0 aromatic heterocycles. The molecule has 5 nitrogen and oxygen atoms in total. The van der Waals surface area contributed by atoms with Gasteiger partial charge in [0.1, 0.15) is 4.99 Å². The first kappa shape index (κ1) is 17.6. The maximum Gasteiger partial charge on any atom is 0.225 e. The minimum atomic E-state index is -0.341. The summed E-state index contributed by atoms with van der Waals surface area (Å²) in [5, 5.41) is 12.1. The molecule has 0 saturated carbocycles. The van der Waals surface area contributed by atoms with E-state index in [4.69, 9.17) is 18.0 Å². The molecule has 0 unspecified atom stereocenters. The molecule has 116 valence electrons. The fourth-order valence-electron chi connectivity index (χ4n) is 1.67. The number of carbonyl (C=O) groups is 1. The smallest absolute Gasteiger partial charge is 0.225 e. The summed E-state index contributed by atoms with van der Waals surface area (Å²) in [6.45, 7) is 4.46. The van der Waals surface area contributed by atoms with Gasteiger partial charge in [0, 0.05) is 29.8 Å². The summed E-state index contributed by atoms with van der Waals surface area (Å²) in [5.41, 5.74) is 6.62. The van der Waals surface area contributed by atoms with E-state index in [1.165, 1.54) is 0 Å². The third-order valence-corrected chi connectivity index (χ3v) is 3.76. The highest BCUT2D eigenvalue weighted by Crippen LogP contribution is 2.13. The van der Waals surface area contributed by atoms with Gasteiger partial charge in [-0.2, -0.15) is 0 Å². The fourth-order valence-corrected chi connectivity index (χ4v) is 1.79. The van der Waals surface area contributed by atoms with E-state index in [1.54, 1.807) is 24.3 Å². The maximum absolute atomic E-state index is 11.9. The number of anilines is 1. The van der Waals surface area contributed by atoms with Crippen LogP contribution in [0, 0.1) is 0 Å². The molecule has 0 bridgehead atoms. The molecule has 1 amide bonds. The number of carbonyl (C=O) groups excluding carboxylic acids is 1. The molecular formula is C15H23N3O2S. The SMILES string of the molecule is CN(CCC(=O)Nc1cccc(C(N)=S)c1)C(C)(C)CO. The fraction of sp³-hybridized carbons (Fsp3) is 0.467. The van der Waals surface area contributed by atoms with Crippen LogP contribution in [0.4, 0.5) is 5.69 Å². The van der Waals surface area contributed by atoms with Gasteiger partial charge < -0.3 is 16.2 Å². The van der Waals surface area contributed by atoms with Crippen molar-refractivity contribution in [3.05, 3.63) is 29.8 Å². The summed E-state index contributed by atoms with van der Waals surface area (Å²) in [5.74, 6) is -0.0873. The first-order chi connectivity index (χ1) is 9.76. The number of aliphatic hydroxyl groups is 1. The van der Waals surface area contributed by atoms with Crippen LogP contribution in [0.3, 0.4) is 0 Å². The molecule has 1 aromatic rings. The van der Waals surface area contributed by atoms with Gasteiger partial charge >= 0.3 is 0 Å². The Hall–Kier alpha value is -1.50. The van der Waals surface area contributed by atoms with Crippen LogP contribution in [0.25, 0.3) is 0 Å². The first-order valence-corrected chi connectivity index (χ1v) is 7.19. The molecule has 0 atom stereocenters. The molecule has 0 saturated heterocycles. The summed E-state index contributed by atoms with van der Waals surface area (Å²) in [6.07, 6.45) is 0.344. The van der Waals surface area contributed by atoms with Crippen LogP contribution < -0.4 is 11.1 Å². The second kappa shape index (κ2) is 7.49. The lowest BCUT2D eigenvalue weighted by molar-refractivity contribution is -0.116. The number of likely N-dealkylation sites (N-methyl/N-ethyl adjacent to an activating group) is 1. The van der Waals surface area contributed by atoms with Crippen molar-refractivity contribution in [3.8, 4) is 0 Å². The highest BCUT2D eigenvalue weighted by molar-refractivity contribution is 7.80. The number of nitrogens with one attached hydrogen (secondary N) is 1. The largest absolute Gasteiger partial charge is 0.394 e. The van der Waals surface area contributed by atoms with E-state index in [1.807, 2.05) is 25.8 Å². The van der Waals surface area contributed by atoms with E-state index in [9.17, 15) is 9.90 Å². The molecule has 0 heterocycles. The second-order valence-corrected chi connectivity index (χ2v) is 6.08. The van der Waals surface area contributed by atoms with Gasteiger partial charge in [0.2, 0.25) is 5.91 Å². The van der Waals surface area contributed by atoms with Crippen LogP contribution in [-0.4, -0.2) is 46.6 Å². The Morgan fingerprint density at radius 1 is 1.48 bits per heavy atom. The number of hydrogen-bond donors (Lipinski definition) is 3. The number of nitrogens with zero attached hydrogens (tertiary/aromatic N) is 1. The predicted octanol–water partition coefficient (Wildman–Crippen LogP) is 1.35. The van der Waals surface area contributed by atoms with E-state index in [0.29, 0.717) is 23.6 Å². The van der Waals surface area contributed by atoms with E-state index < -0.39 is 0 Å². The van der Waals surface area contributed by atoms with Crippen molar-refractivity contribution in [1.82, 2.24) is 4.90 Å². The minimum Gasteiger partial charge on any atom is -0.394 e. The molecule has 4 N–H and O–H groups in total. The highest BCUT2D eigenvalue weighted by atomic mass is 32.1. The van der Waals surface area contributed by atoms with Crippen LogP contribution in [0.2, 0.25) is 0 Å². The second-order valence-electron chi connectivity index (χ2n) is 5.64. The van der Waals surface area contributed by atoms with E-state index in [0.717, 1.165) is 5.56 Å². The lowest BCUT2D eigenvalue weighted by Gasteiger charge is -2.33. The number of rotatable bonds is 7. The van der Waals surface area contributed by atoms with Crippen LogP contribution >= 0.6 is 12.2 Å². The molecule has 6 heteroatoms.